The number of carbonyl (C=O) groups is 1. The van der Waals surface area contributed by atoms with Crippen molar-refractivity contribution in [3.05, 3.63) is 29.8 Å². The van der Waals surface area contributed by atoms with Gasteiger partial charge in [0.15, 0.2) is 5.78 Å². The van der Waals surface area contributed by atoms with E-state index in [0.717, 1.165) is 5.56 Å². The molecule has 0 spiro atoms. The Morgan fingerprint density at radius 1 is 1.32 bits per heavy atom. The van der Waals surface area contributed by atoms with Crippen LogP contribution in [0.5, 0.6) is 0 Å². The SMILES string of the molecule is CCC1N(S(=O)(=O)c2ccc(C)cc2)C1(C)C(C)=O. The van der Waals surface area contributed by atoms with E-state index in [1.165, 1.54) is 11.2 Å². The third-order valence-corrected chi connectivity index (χ3v) is 6.02. The Balaban J connectivity index is 2.42. The summed E-state index contributed by atoms with van der Waals surface area (Å²) in [5.41, 5.74) is 0.129. The average molecular weight is 281 g/mol. The summed E-state index contributed by atoms with van der Waals surface area (Å²) in [6.45, 7) is 6.96. The molecule has 0 amide bonds. The first-order valence-electron chi connectivity index (χ1n) is 6.38. The molecule has 0 N–H and O–H groups in total. The maximum atomic E-state index is 12.6. The molecular weight excluding hydrogens is 262 g/mol. The Morgan fingerprint density at radius 2 is 1.84 bits per heavy atom. The Kier molecular flexibility index (Phi) is 3.31. The molecule has 1 saturated heterocycles. The van der Waals surface area contributed by atoms with Crippen molar-refractivity contribution in [1.82, 2.24) is 4.31 Å². The molecule has 1 aliphatic rings. The highest BCUT2D eigenvalue weighted by atomic mass is 32.2. The molecule has 3 atom stereocenters. The summed E-state index contributed by atoms with van der Waals surface area (Å²) in [7, 11) is -3.58. The minimum absolute atomic E-state index is 0.102. The van der Waals surface area contributed by atoms with Gasteiger partial charge in [0.1, 0.15) is 5.54 Å². The van der Waals surface area contributed by atoms with Crippen molar-refractivity contribution < 1.29 is 13.2 Å². The molecule has 1 aromatic rings. The van der Waals surface area contributed by atoms with Crippen molar-refractivity contribution in [3.63, 3.8) is 0 Å². The Bertz CT molecular complexity index is 606. The second-order valence-electron chi connectivity index (χ2n) is 5.24. The van der Waals surface area contributed by atoms with E-state index in [0.29, 0.717) is 6.42 Å². The molecule has 0 bridgehead atoms. The zero-order chi connectivity index (χ0) is 14.4. The summed E-state index contributed by atoms with van der Waals surface area (Å²) >= 11 is 0. The zero-order valence-corrected chi connectivity index (χ0v) is 12.5. The van der Waals surface area contributed by atoms with Gasteiger partial charge in [0.2, 0.25) is 10.0 Å². The molecule has 5 heteroatoms. The van der Waals surface area contributed by atoms with Crippen LogP contribution in [-0.2, 0) is 14.8 Å². The van der Waals surface area contributed by atoms with Crippen molar-refractivity contribution >= 4 is 15.8 Å². The van der Waals surface area contributed by atoms with Gasteiger partial charge in [-0.1, -0.05) is 24.6 Å². The average Bonchev–Trinajstić information content (AvgIpc) is 2.98. The van der Waals surface area contributed by atoms with E-state index in [2.05, 4.69) is 0 Å². The van der Waals surface area contributed by atoms with Gasteiger partial charge in [-0.05, 0) is 39.3 Å². The van der Waals surface area contributed by atoms with Gasteiger partial charge in [-0.15, -0.1) is 0 Å². The first kappa shape index (κ1) is 14.2. The van der Waals surface area contributed by atoms with Crippen LogP contribution in [-0.4, -0.2) is 30.1 Å². The molecule has 19 heavy (non-hydrogen) atoms. The summed E-state index contributed by atoms with van der Waals surface area (Å²) < 4.78 is 26.5. The standard InChI is InChI=1S/C14H19NO3S/c1-5-13-14(4,11(3)16)15(13)19(17,18)12-8-6-10(2)7-9-12/h6-9,13H,5H2,1-4H3. The van der Waals surface area contributed by atoms with Gasteiger partial charge in [0.05, 0.1) is 10.9 Å². The van der Waals surface area contributed by atoms with E-state index in [4.69, 9.17) is 0 Å². The highest BCUT2D eigenvalue weighted by Gasteiger charge is 2.67. The molecular formula is C14H19NO3S. The number of Topliss-reactive ketones (excluding diaryl/α,β-unsaturated/α-hetero) is 1. The lowest BCUT2D eigenvalue weighted by molar-refractivity contribution is -0.119. The molecule has 0 saturated carbocycles. The molecule has 104 valence electrons. The third-order valence-electron chi connectivity index (χ3n) is 4.00. The molecule has 1 heterocycles. The van der Waals surface area contributed by atoms with E-state index in [9.17, 15) is 13.2 Å². The zero-order valence-electron chi connectivity index (χ0n) is 11.7. The first-order chi connectivity index (χ1) is 8.76. The largest absolute Gasteiger partial charge is 0.298 e. The van der Waals surface area contributed by atoms with Crippen LogP contribution < -0.4 is 0 Å². The molecule has 1 aromatic carbocycles. The molecule has 3 unspecified atom stereocenters. The van der Waals surface area contributed by atoms with Crippen molar-refractivity contribution in [2.24, 2.45) is 0 Å². The van der Waals surface area contributed by atoms with Crippen LogP contribution in [0.2, 0.25) is 0 Å². The van der Waals surface area contributed by atoms with Gasteiger partial charge >= 0.3 is 0 Å². The number of benzene rings is 1. The fourth-order valence-corrected chi connectivity index (χ4v) is 4.72. The van der Waals surface area contributed by atoms with Gasteiger partial charge in [-0.2, -0.15) is 4.31 Å². The van der Waals surface area contributed by atoms with Crippen LogP contribution in [0.25, 0.3) is 0 Å². The van der Waals surface area contributed by atoms with Crippen LogP contribution >= 0.6 is 0 Å². The minimum atomic E-state index is -3.58. The van der Waals surface area contributed by atoms with Gasteiger partial charge < -0.3 is 0 Å². The quantitative estimate of drug-likeness (QED) is 0.794. The van der Waals surface area contributed by atoms with Crippen LogP contribution in [0.4, 0.5) is 0 Å². The number of carbonyl (C=O) groups excluding carboxylic acids is 1. The number of sulfonamides is 1. The normalized spacial score (nSPS) is 30.1. The Labute approximate surface area is 114 Å². The Morgan fingerprint density at radius 3 is 2.21 bits per heavy atom. The molecule has 0 radical (unpaired) electrons. The second kappa shape index (κ2) is 4.42. The van der Waals surface area contributed by atoms with Crippen molar-refractivity contribution in [3.8, 4) is 0 Å². The van der Waals surface area contributed by atoms with E-state index in [-0.39, 0.29) is 16.7 Å². The van der Waals surface area contributed by atoms with Gasteiger partial charge in [-0.25, -0.2) is 8.42 Å². The monoisotopic (exact) mass is 281 g/mol. The second-order valence-corrected chi connectivity index (χ2v) is 7.06. The Hall–Kier alpha value is -1.20. The van der Waals surface area contributed by atoms with E-state index < -0.39 is 15.6 Å². The smallest absolute Gasteiger partial charge is 0.244 e. The van der Waals surface area contributed by atoms with E-state index >= 15 is 0 Å². The summed E-state index contributed by atoms with van der Waals surface area (Å²) in [5, 5.41) is 0. The first-order valence-corrected chi connectivity index (χ1v) is 7.82. The predicted molar refractivity (Wildman–Crippen MR) is 73.4 cm³/mol. The number of nitrogens with zero attached hydrogens (tertiary/aromatic N) is 1. The lowest BCUT2D eigenvalue weighted by Crippen LogP contribution is -2.27. The lowest BCUT2D eigenvalue weighted by Gasteiger charge is -2.10. The minimum Gasteiger partial charge on any atom is -0.298 e. The van der Waals surface area contributed by atoms with Crippen molar-refractivity contribution in [1.29, 1.82) is 0 Å². The number of rotatable bonds is 4. The van der Waals surface area contributed by atoms with Crippen molar-refractivity contribution in [2.45, 2.75) is 50.6 Å². The molecule has 0 aromatic heterocycles. The summed E-state index contributed by atoms with van der Waals surface area (Å²) in [4.78, 5) is 12.0. The molecule has 0 aliphatic carbocycles. The van der Waals surface area contributed by atoms with Crippen LogP contribution in [0.15, 0.2) is 29.2 Å². The van der Waals surface area contributed by atoms with Crippen LogP contribution in [0, 0.1) is 6.92 Å². The third kappa shape index (κ3) is 2.01. The number of ketones is 1. The van der Waals surface area contributed by atoms with Gasteiger partial charge in [0.25, 0.3) is 0 Å². The highest BCUT2D eigenvalue weighted by Crippen LogP contribution is 2.48. The predicted octanol–water partition coefficient (Wildman–Crippen LogP) is 2.13. The van der Waals surface area contributed by atoms with Gasteiger partial charge in [0, 0.05) is 0 Å². The van der Waals surface area contributed by atoms with Crippen LogP contribution in [0.3, 0.4) is 0 Å². The van der Waals surface area contributed by atoms with E-state index in [1.807, 2.05) is 13.8 Å². The van der Waals surface area contributed by atoms with Crippen LogP contribution in [0.1, 0.15) is 32.8 Å². The summed E-state index contributed by atoms with van der Waals surface area (Å²) in [6.07, 6.45) is 0.640. The summed E-state index contributed by atoms with van der Waals surface area (Å²) in [5.74, 6) is -0.102. The summed E-state index contributed by atoms with van der Waals surface area (Å²) in [6, 6.07) is 6.49. The molecule has 4 nitrogen and oxygen atoms in total. The number of aryl methyl sites for hydroxylation is 1. The lowest BCUT2D eigenvalue weighted by atomic mass is 10.0. The highest BCUT2D eigenvalue weighted by molar-refractivity contribution is 7.89. The molecule has 1 fully saturated rings. The number of hydrogen-bond donors (Lipinski definition) is 0. The fraction of sp³-hybridized carbons (Fsp3) is 0.500. The molecule has 1 aliphatic heterocycles. The van der Waals surface area contributed by atoms with E-state index in [1.54, 1.807) is 31.2 Å². The molecule has 2 rings (SSSR count). The number of hydrogen-bond acceptors (Lipinski definition) is 3. The van der Waals surface area contributed by atoms with Crippen molar-refractivity contribution in [2.75, 3.05) is 0 Å². The topological polar surface area (TPSA) is 54.2 Å². The maximum absolute atomic E-state index is 12.6. The van der Waals surface area contributed by atoms with Gasteiger partial charge in [-0.3, -0.25) is 4.79 Å². The fourth-order valence-electron chi connectivity index (χ4n) is 2.62. The maximum Gasteiger partial charge on any atom is 0.244 e.